The molecule has 1 fully saturated rings. The molecule has 6 nitrogen and oxygen atoms in total. The van der Waals surface area contributed by atoms with Gasteiger partial charge in [-0.2, -0.15) is 5.10 Å². The summed E-state index contributed by atoms with van der Waals surface area (Å²) in [4.78, 5) is 0. The summed E-state index contributed by atoms with van der Waals surface area (Å²) in [5.74, 6) is 1.18. The zero-order chi connectivity index (χ0) is 22.9. The number of benzene rings is 2. The van der Waals surface area contributed by atoms with Crippen LogP contribution in [0.3, 0.4) is 0 Å². The van der Waals surface area contributed by atoms with Crippen LogP contribution in [-0.2, 0) is 8.85 Å². The summed E-state index contributed by atoms with van der Waals surface area (Å²) in [6.07, 6.45) is 6.54. The van der Waals surface area contributed by atoms with Gasteiger partial charge in [0.2, 0.25) is 11.8 Å². The fraction of sp³-hybridized carbons (Fsp3) is 0.423. The molecule has 1 aliphatic carbocycles. The summed E-state index contributed by atoms with van der Waals surface area (Å²) in [5.41, 5.74) is 2.81. The molecule has 0 radical (unpaired) electrons. The minimum absolute atomic E-state index is 0.294. The predicted molar refractivity (Wildman–Crippen MR) is 134 cm³/mol. The molecule has 1 unspecified atom stereocenters. The number of hydrazone groups is 1. The van der Waals surface area contributed by atoms with Crippen LogP contribution >= 0.6 is 0 Å². The Morgan fingerprint density at radius 2 is 1.39 bits per heavy atom. The number of rotatable bonds is 3. The first-order valence-electron chi connectivity index (χ1n) is 12.0. The SMILES string of the molecule is C/C1=N/N=C(/c2ccccc2)O[Si]2(C3CCCCC3)OC(c3ccccc3)=NN2C(C)(C)C1. The molecule has 0 bridgehead atoms. The van der Waals surface area contributed by atoms with E-state index < -0.39 is 8.72 Å². The standard InChI is InChI=1S/C26H32N4O2Si/c1-20-19-26(2,3)30-29-25(22-15-9-5-10-16-22)32-33(30,23-17-11-6-12-18-23)31-24(28-27-20)21-13-7-4-8-14-21/h4-5,7-10,13-16,23H,6,11-12,17-19H2,1-3H3/b27-20-,28-24-. The molecular weight excluding hydrogens is 428 g/mol. The van der Waals surface area contributed by atoms with Crippen LogP contribution < -0.4 is 0 Å². The smallest absolute Gasteiger partial charge is 0.479 e. The van der Waals surface area contributed by atoms with Crippen molar-refractivity contribution in [3.05, 3.63) is 71.8 Å². The van der Waals surface area contributed by atoms with Gasteiger partial charge in [0.05, 0.1) is 5.54 Å². The average molecular weight is 461 g/mol. The van der Waals surface area contributed by atoms with Gasteiger partial charge in [0.1, 0.15) is 0 Å². The van der Waals surface area contributed by atoms with Crippen LogP contribution in [0.4, 0.5) is 0 Å². The topological polar surface area (TPSA) is 58.8 Å². The van der Waals surface area contributed by atoms with E-state index in [2.05, 4.69) is 40.9 Å². The molecule has 172 valence electrons. The van der Waals surface area contributed by atoms with E-state index in [0.29, 0.717) is 17.3 Å². The first-order valence-corrected chi connectivity index (χ1v) is 13.8. The zero-order valence-electron chi connectivity index (χ0n) is 19.7. The molecular formula is C26H32N4O2Si. The van der Waals surface area contributed by atoms with Gasteiger partial charge in [-0.05, 0) is 57.9 Å². The van der Waals surface area contributed by atoms with Crippen molar-refractivity contribution in [2.75, 3.05) is 0 Å². The Morgan fingerprint density at radius 3 is 2.03 bits per heavy atom. The number of nitrogens with zero attached hydrogens (tertiary/aromatic N) is 4. The van der Waals surface area contributed by atoms with Gasteiger partial charge in [-0.25, -0.2) is 4.67 Å². The minimum atomic E-state index is -3.09. The fourth-order valence-electron chi connectivity index (χ4n) is 5.21. The third-order valence-corrected chi connectivity index (χ3v) is 10.6. The second-order valence-corrected chi connectivity index (χ2v) is 12.8. The maximum atomic E-state index is 7.02. The first kappa shape index (κ1) is 21.9. The Labute approximate surface area is 197 Å². The van der Waals surface area contributed by atoms with E-state index in [1.165, 1.54) is 19.3 Å². The van der Waals surface area contributed by atoms with Gasteiger partial charge in [0, 0.05) is 28.8 Å². The lowest BCUT2D eigenvalue weighted by atomic mass is 9.99. The maximum absolute atomic E-state index is 7.02. The largest absolute Gasteiger partial charge is 0.610 e. The molecule has 2 aromatic carbocycles. The van der Waals surface area contributed by atoms with Crippen LogP contribution in [0.1, 0.15) is 70.4 Å². The van der Waals surface area contributed by atoms with E-state index in [9.17, 15) is 0 Å². The van der Waals surface area contributed by atoms with E-state index in [0.717, 1.165) is 36.1 Å². The lowest BCUT2D eigenvalue weighted by molar-refractivity contribution is 0.160. The lowest BCUT2D eigenvalue weighted by Gasteiger charge is -2.45. The summed E-state index contributed by atoms with van der Waals surface area (Å²) in [5, 5.41) is 14.3. The number of fused-ring (bicyclic) bond motifs is 1. The molecule has 0 saturated heterocycles. The van der Waals surface area contributed by atoms with E-state index in [4.69, 9.17) is 14.0 Å². The fourth-order valence-corrected chi connectivity index (χ4v) is 9.27. The van der Waals surface area contributed by atoms with E-state index in [-0.39, 0.29) is 5.54 Å². The zero-order valence-corrected chi connectivity index (χ0v) is 20.7. The lowest BCUT2D eigenvalue weighted by Crippen LogP contribution is -2.64. The highest BCUT2D eigenvalue weighted by Gasteiger charge is 2.65. The van der Waals surface area contributed by atoms with Crippen LogP contribution in [0.25, 0.3) is 0 Å². The van der Waals surface area contributed by atoms with E-state index in [1.54, 1.807) is 0 Å². The van der Waals surface area contributed by atoms with Crippen molar-refractivity contribution in [1.82, 2.24) is 4.67 Å². The van der Waals surface area contributed by atoms with Crippen molar-refractivity contribution in [3.63, 3.8) is 0 Å². The van der Waals surface area contributed by atoms with Gasteiger partial charge in [-0.15, -0.1) is 10.2 Å². The van der Waals surface area contributed by atoms with Gasteiger partial charge in [-0.3, -0.25) is 0 Å². The molecule has 3 aliphatic rings. The average Bonchev–Trinajstić information content (AvgIpc) is 3.25. The van der Waals surface area contributed by atoms with Crippen LogP contribution in [0, 0.1) is 0 Å². The molecule has 2 heterocycles. The van der Waals surface area contributed by atoms with Crippen molar-refractivity contribution in [3.8, 4) is 0 Å². The second-order valence-electron chi connectivity index (χ2n) is 9.85. The molecule has 33 heavy (non-hydrogen) atoms. The van der Waals surface area contributed by atoms with Crippen molar-refractivity contribution >= 4 is 26.2 Å². The summed E-state index contributed by atoms with van der Waals surface area (Å²) in [7, 11) is -3.09. The number of hydrogen-bond donors (Lipinski definition) is 0. The molecule has 0 N–H and O–H groups in total. The van der Waals surface area contributed by atoms with Crippen LogP contribution in [0.5, 0.6) is 0 Å². The highest BCUT2D eigenvalue weighted by molar-refractivity contribution is 6.71. The number of hydrogen-bond acceptors (Lipinski definition) is 6. The molecule has 1 saturated carbocycles. The molecule has 5 rings (SSSR count). The van der Waals surface area contributed by atoms with Crippen molar-refractivity contribution in [1.29, 1.82) is 0 Å². The summed E-state index contributed by atoms with van der Waals surface area (Å²) >= 11 is 0. The van der Waals surface area contributed by atoms with E-state index in [1.807, 2.05) is 55.5 Å². The quantitative estimate of drug-likeness (QED) is 0.530. The Bertz CT molecular complexity index is 1080. The minimum Gasteiger partial charge on any atom is -0.479 e. The molecule has 2 aliphatic heterocycles. The molecule has 7 heteroatoms. The van der Waals surface area contributed by atoms with Crippen molar-refractivity contribution < 1.29 is 8.85 Å². The highest BCUT2D eigenvalue weighted by Crippen LogP contribution is 2.47. The van der Waals surface area contributed by atoms with Crippen molar-refractivity contribution in [2.45, 2.75) is 70.4 Å². The van der Waals surface area contributed by atoms with Gasteiger partial charge >= 0.3 is 8.72 Å². The molecule has 0 spiro atoms. The predicted octanol–water partition coefficient (Wildman–Crippen LogP) is 5.98. The summed E-state index contributed by atoms with van der Waals surface area (Å²) in [6.45, 7) is 6.46. The van der Waals surface area contributed by atoms with Gasteiger partial charge in [-0.1, -0.05) is 55.7 Å². The Morgan fingerprint density at radius 1 is 0.818 bits per heavy atom. The van der Waals surface area contributed by atoms with Crippen LogP contribution in [0.2, 0.25) is 5.54 Å². The highest BCUT2D eigenvalue weighted by atomic mass is 28.4. The molecule has 2 aromatic rings. The van der Waals surface area contributed by atoms with Crippen LogP contribution in [-0.4, -0.2) is 36.4 Å². The van der Waals surface area contributed by atoms with Gasteiger partial charge in [0.15, 0.2) is 0 Å². The Hall–Kier alpha value is -2.93. The third kappa shape index (κ3) is 4.22. The molecule has 1 atom stereocenters. The maximum Gasteiger partial charge on any atom is 0.610 e. The molecule has 0 aromatic heterocycles. The Kier molecular flexibility index (Phi) is 5.82. The first-order chi connectivity index (χ1) is 16.0. The van der Waals surface area contributed by atoms with Gasteiger partial charge in [0.25, 0.3) is 0 Å². The third-order valence-electron chi connectivity index (χ3n) is 6.71. The molecule has 0 amide bonds. The van der Waals surface area contributed by atoms with Gasteiger partial charge < -0.3 is 8.85 Å². The summed E-state index contributed by atoms with van der Waals surface area (Å²) < 4.78 is 16.2. The second kappa shape index (κ2) is 8.78. The van der Waals surface area contributed by atoms with Crippen molar-refractivity contribution in [2.24, 2.45) is 15.3 Å². The Balaban J connectivity index is 1.66. The van der Waals surface area contributed by atoms with E-state index >= 15 is 0 Å². The van der Waals surface area contributed by atoms with Crippen LogP contribution in [0.15, 0.2) is 76.0 Å². The summed E-state index contributed by atoms with van der Waals surface area (Å²) in [6, 6.07) is 20.2. The normalized spacial score (nSPS) is 28.5. The monoisotopic (exact) mass is 460 g/mol.